The SMILES string of the molecule is CN(c1cccc(Cl)c1/C=C/C(=O)O)C1CCC1. The van der Waals surface area contributed by atoms with E-state index in [9.17, 15) is 4.79 Å². The summed E-state index contributed by atoms with van der Waals surface area (Å²) >= 11 is 6.15. The zero-order valence-corrected chi connectivity index (χ0v) is 11.0. The maximum Gasteiger partial charge on any atom is 0.328 e. The zero-order chi connectivity index (χ0) is 13.1. The van der Waals surface area contributed by atoms with E-state index >= 15 is 0 Å². The minimum Gasteiger partial charge on any atom is -0.478 e. The fourth-order valence-electron chi connectivity index (χ4n) is 2.12. The van der Waals surface area contributed by atoms with Gasteiger partial charge in [-0.25, -0.2) is 4.79 Å². The van der Waals surface area contributed by atoms with Gasteiger partial charge in [0, 0.05) is 35.4 Å². The van der Waals surface area contributed by atoms with Crippen LogP contribution in [0.25, 0.3) is 6.08 Å². The normalized spacial score (nSPS) is 15.7. The van der Waals surface area contributed by atoms with Crippen LogP contribution in [-0.4, -0.2) is 24.2 Å². The molecular formula is C14H16ClNO2. The van der Waals surface area contributed by atoms with Crippen LogP contribution in [0, 0.1) is 0 Å². The van der Waals surface area contributed by atoms with E-state index in [0.717, 1.165) is 17.3 Å². The highest BCUT2D eigenvalue weighted by Crippen LogP contribution is 2.33. The van der Waals surface area contributed by atoms with E-state index in [2.05, 4.69) is 4.90 Å². The first-order valence-corrected chi connectivity index (χ1v) is 6.39. The van der Waals surface area contributed by atoms with Crippen molar-refractivity contribution in [3.63, 3.8) is 0 Å². The fraction of sp³-hybridized carbons (Fsp3) is 0.357. The number of hydrogen-bond donors (Lipinski definition) is 1. The first-order valence-electron chi connectivity index (χ1n) is 6.02. The third kappa shape index (κ3) is 2.67. The Hall–Kier alpha value is -1.48. The highest BCUT2D eigenvalue weighted by atomic mass is 35.5. The predicted molar refractivity (Wildman–Crippen MR) is 74.2 cm³/mol. The summed E-state index contributed by atoms with van der Waals surface area (Å²) in [4.78, 5) is 12.8. The van der Waals surface area contributed by atoms with Crippen molar-refractivity contribution in [3.8, 4) is 0 Å². The topological polar surface area (TPSA) is 40.5 Å². The van der Waals surface area contributed by atoms with Gasteiger partial charge in [-0.3, -0.25) is 0 Å². The third-order valence-corrected chi connectivity index (χ3v) is 3.75. The number of rotatable bonds is 4. The van der Waals surface area contributed by atoms with Crippen LogP contribution in [0.4, 0.5) is 5.69 Å². The van der Waals surface area contributed by atoms with Crippen molar-refractivity contribution in [1.29, 1.82) is 0 Å². The molecule has 1 fully saturated rings. The van der Waals surface area contributed by atoms with Crippen LogP contribution in [0.5, 0.6) is 0 Å². The largest absolute Gasteiger partial charge is 0.478 e. The summed E-state index contributed by atoms with van der Waals surface area (Å²) in [6.45, 7) is 0. The number of halogens is 1. The van der Waals surface area contributed by atoms with Crippen LogP contribution < -0.4 is 4.90 Å². The summed E-state index contributed by atoms with van der Waals surface area (Å²) in [5.74, 6) is -0.966. The fourth-order valence-corrected chi connectivity index (χ4v) is 2.36. The Kier molecular flexibility index (Phi) is 3.92. The van der Waals surface area contributed by atoms with Crippen LogP contribution in [-0.2, 0) is 4.79 Å². The van der Waals surface area contributed by atoms with E-state index in [1.165, 1.54) is 19.3 Å². The monoisotopic (exact) mass is 265 g/mol. The van der Waals surface area contributed by atoms with Gasteiger partial charge in [0.2, 0.25) is 0 Å². The van der Waals surface area contributed by atoms with Crippen LogP contribution in [0.3, 0.4) is 0 Å². The van der Waals surface area contributed by atoms with E-state index in [0.29, 0.717) is 11.1 Å². The Labute approximate surface area is 112 Å². The van der Waals surface area contributed by atoms with Crippen molar-refractivity contribution in [2.75, 3.05) is 11.9 Å². The lowest BCUT2D eigenvalue weighted by Crippen LogP contribution is -2.37. The number of carboxylic acids is 1. The molecule has 18 heavy (non-hydrogen) atoms. The van der Waals surface area contributed by atoms with Gasteiger partial charge in [-0.2, -0.15) is 0 Å². The van der Waals surface area contributed by atoms with E-state index in [1.54, 1.807) is 12.1 Å². The Morgan fingerprint density at radius 2 is 2.22 bits per heavy atom. The zero-order valence-electron chi connectivity index (χ0n) is 10.3. The first kappa shape index (κ1) is 13.0. The van der Waals surface area contributed by atoms with Crippen molar-refractivity contribution in [2.45, 2.75) is 25.3 Å². The van der Waals surface area contributed by atoms with E-state index < -0.39 is 5.97 Å². The number of benzene rings is 1. The molecule has 3 nitrogen and oxygen atoms in total. The number of hydrogen-bond acceptors (Lipinski definition) is 2. The molecule has 1 aliphatic rings. The number of carbonyl (C=O) groups is 1. The van der Waals surface area contributed by atoms with Gasteiger partial charge in [-0.05, 0) is 37.5 Å². The molecule has 2 rings (SSSR count). The summed E-state index contributed by atoms with van der Waals surface area (Å²) in [6, 6.07) is 6.19. The van der Waals surface area contributed by atoms with Crippen LogP contribution in [0.2, 0.25) is 5.02 Å². The number of nitrogens with zero attached hydrogens (tertiary/aromatic N) is 1. The molecule has 0 saturated heterocycles. The van der Waals surface area contributed by atoms with Crippen molar-refractivity contribution >= 4 is 29.3 Å². The van der Waals surface area contributed by atoms with Gasteiger partial charge in [0.25, 0.3) is 0 Å². The molecule has 1 saturated carbocycles. The minimum atomic E-state index is -0.966. The van der Waals surface area contributed by atoms with Crippen LogP contribution in [0.1, 0.15) is 24.8 Å². The second kappa shape index (κ2) is 5.44. The van der Waals surface area contributed by atoms with Gasteiger partial charge < -0.3 is 10.0 Å². The summed E-state index contributed by atoms with van der Waals surface area (Å²) in [7, 11) is 2.04. The summed E-state index contributed by atoms with van der Waals surface area (Å²) in [5.41, 5.74) is 1.76. The second-order valence-corrected chi connectivity index (χ2v) is 4.95. The molecular weight excluding hydrogens is 250 g/mol. The van der Waals surface area contributed by atoms with Gasteiger partial charge in [0.1, 0.15) is 0 Å². The highest BCUT2D eigenvalue weighted by Gasteiger charge is 2.23. The van der Waals surface area contributed by atoms with Gasteiger partial charge >= 0.3 is 5.97 Å². The highest BCUT2D eigenvalue weighted by molar-refractivity contribution is 6.32. The maximum atomic E-state index is 10.6. The van der Waals surface area contributed by atoms with Gasteiger partial charge in [-0.15, -0.1) is 0 Å². The minimum absolute atomic E-state index is 0.542. The second-order valence-electron chi connectivity index (χ2n) is 4.54. The molecule has 0 amide bonds. The molecule has 4 heteroatoms. The maximum absolute atomic E-state index is 10.6. The summed E-state index contributed by atoms with van der Waals surface area (Å²) < 4.78 is 0. The van der Waals surface area contributed by atoms with Crippen molar-refractivity contribution < 1.29 is 9.90 Å². The first-order chi connectivity index (χ1) is 8.59. The Morgan fingerprint density at radius 3 is 2.78 bits per heavy atom. The Morgan fingerprint density at radius 1 is 1.50 bits per heavy atom. The van der Waals surface area contributed by atoms with Gasteiger partial charge in [0.15, 0.2) is 0 Å². The standard InChI is InChI=1S/C14H16ClNO2/c1-16(10-4-2-5-10)13-7-3-6-12(15)11(13)8-9-14(17)18/h3,6-10H,2,4-5H2,1H3,(H,17,18)/b9-8+. The quantitative estimate of drug-likeness (QED) is 0.848. The van der Waals surface area contributed by atoms with Crippen LogP contribution in [0.15, 0.2) is 24.3 Å². The van der Waals surface area contributed by atoms with Crippen molar-refractivity contribution in [2.24, 2.45) is 0 Å². The number of anilines is 1. The number of aliphatic carboxylic acids is 1. The number of carboxylic acid groups (broad SMARTS) is 1. The molecule has 0 atom stereocenters. The molecule has 96 valence electrons. The van der Waals surface area contributed by atoms with Crippen molar-refractivity contribution in [3.05, 3.63) is 34.9 Å². The average molecular weight is 266 g/mol. The lowest BCUT2D eigenvalue weighted by Gasteiger charge is -2.37. The molecule has 0 bridgehead atoms. The molecule has 0 aromatic heterocycles. The van der Waals surface area contributed by atoms with Gasteiger partial charge in [-0.1, -0.05) is 17.7 Å². The van der Waals surface area contributed by atoms with Crippen molar-refractivity contribution in [1.82, 2.24) is 0 Å². The molecule has 1 aromatic carbocycles. The van der Waals surface area contributed by atoms with E-state index in [-0.39, 0.29) is 0 Å². The molecule has 0 heterocycles. The molecule has 0 unspecified atom stereocenters. The van der Waals surface area contributed by atoms with Gasteiger partial charge in [0.05, 0.1) is 0 Å². The smallest absolute Gasteiger partial charge is 0.328 e. The molecule has 1 aromatic rings. The molecule has 0 radical (unpaired) electrons. The average Bonchev–Trinajstić information content (AvgIpc) is 2.24. The molecule has 0 spiro atoms. The van der Waals surface area contributed by atoms with E-state index in [1.807, 2.05) is 19.2 Å². The van der Waals surface area contributed by atoms with E-state index in [4.69, 9.17) is 16.7 Å². The third-order valence-electron chi connectivity index (χ3n) is 3.42. The lowest BCUT2D eigenvalue weighted by molar-refractivity contribution is -0.131. The Balaban J connectivity index is 2.33. The van der Waals surface area contributed by atoms with Crippen LogP contribution >= 0.6 is 11.6 Å². The molecule has 1 N–H and O–H groups in total. The summed E-state index contributed by atoms with van der Waals surface area (Å²) in [6.07, 6.45) is 6.32. The molecule has 1 aliphatic carbocycles. The molecule has 0 aliphatic heterocycles. The lowest BCUT2D eigenvalue weighted by atomic mass is 9.91. The summed E-state index contributed by atoms with van der Waals surface area (Å²) in [5, 5.41) is 9.30. The Bertz CT molecular complexity index is 481. The predicted octanol–water partition coefficient (Wildman–Crippen LogP) is 3.43.